The summed E-state index contributed by atoms with van der Waals surface area (Å²) in [6.45, 7) is 5.79. The van der Waals surface area contributed by atoms with Gasteiger partial charge in [-0.1, -0.05) is 64.5 Å². The highest BCUT2D eigenvalue weighted by Gasteiger charge is 2.35. The van der Waals surface area contributed by atoms with Crippen molar-refractivity contribution in [3.05, 3.63) is 125 Å². The van der Waals surface area contributed by atoms with E-state index in [0.717, 1.165) is 33.1 Å². The first kappa shape index (κ1) is 27.2. The Bertz CT molecular complexity index is 1960. The van der Waals surface area contributed by atoms with E-state index in [1.807, 2.05) is 49.4 Å². The zero-order valence-corrected chi connectivity index (χ0v) is 24.6. The van der Waals surface area contributed by atoms with Crippen LogP contribution in [-0.2, 0) is 14.3 Å². The molecule has 0 aliphatic carbocycles. The number of benzene rings is 4. The Morgan fingerprint density at radius 1 is 1.00 bits per heavy atom. The van der Waals surface area contributed by atoms with Gasteiger partial charge in [0.25, 0.3) is 5.91 Å². The van der Waals surface area contributed by atoms with Crippen LogP contribution in [0.4, 0.5) is 5.69 Å². The van der Waals surface area contributed by atoms with Gasteiger partial charge in [0.2, 0.25) is 0 Å². The summed E-state index contributed by atoms with van der Waals surface area (Å²) in [5, 5.41) is 2.16. The summed E-state index contributed by atoms with van der Waals surface area (Å²) in [4.78, 5) is 32.0. The van der Waals surface area contributed by atoms with Gasteiger partial charge in [0.15, 0.2) is 5.76 Å². The van der Waals surface area contributed by atoms with E-state index in [1.165, 1.54) is 12.0 Å². The molecule has 0 N–H and O–H groups in total. The monoisotopic (exact) mass is 619 g/mol. The minimum Gasteiger partial charge on any atom is -0.465 e. The van der Waals surface area contributed by atoms with Crippen molar-refractivity contribution in [2.75, 3.05) is 13.7 Å². The molecule has 1 aromatic heterocycles. The maximum absolute atomic E-state index is 13.5. The van der Waals surface area contributed by atoms with Crippen LogP contribution in [0.1, 0.15) is 21.5 Å². The SMILES string of the molecule is C=CCN1C(=O)/C(=C\c2ccc3c(c2)c2ccccc2n3-c2ccccc2)OC1=Nc1c(C)cc(Br)cc1C(=O)OC. The van der Waals surface area contributed by atoms with Gasteiger partial charge in [-0.3, -0.25) is 9.69 Å². The van der Waals surface area contributed by atoms with Gasteiger partial charge in [-0.15, -0.1) is 6.58 Å². The van der Waals surface area contributed by atoms with Crippen LogP contribution in [0.25, 0.3) is 33.6 Å². The second-order valence-corrected chi connectivity index (χ2v) is 10.7. The van der Waals surface area contributed by atoms with Crippen LogP contribution in [0.2, 0.25) is 0 Å². The lowest BCUT2D eigenvalue weighted by Gasteiger charge is -2.13. The number of ether oxygens (including phenoxy) is 2. The first-order chi connectivity index (χ1) is 20.4. The van der Waals surface area contributed by atoms with Gasteiger partial charge >= 0.3 is 12.0 Å². The quantitative estimate of drug-likeness (QED) is 0.111. The summed E-state index contributed by atoms with van der Waals surface area (Å²) in [5.41, 5.74) is 5.35. The Kier molecular flexibility index (Phi) is 7.22. The van der Waals surface area contributed by atoms with E-state index in [-0.39, 0.29) is 29.8 Å². The molecule has 1 aliphatic rings. The van der Waals surface area contributed by atoms with E-state index in [0.29, 0.717) is 15.7 Å². The van der Waals surface area contributed by atoms with Crippen LogP contribution >= 0.6 is 15.9 Å². The molecule has 42 heavy (non-hydrogen) atoms. The summed E-state index contributed by atoms with van der Waals surface area (Å²) in [6.07, 6.45) is 3.31. The average molecular weight is 621 g/mol. The smallest absolute Gasteiger partial charge is 0.340 e. The lowest BCUT2D eigenvalue weighted by molar-refractivity contribution is -0.122. The number of rotatable bonds is 6. The third kappa shape index (κ3) is 4.80. The largest absolute Gasteiger partial charge is 0.465 e. The second-order valence-electron chi connectivity index (χ2n) is 9.78. The number of aryl methyl sites for hydroxylation is 1. The number of aliphatic imine (C=N–C) groups is 1. The molecular weight excluding hydrogens is 594 g/mol. The molecule has 1 saturated heterocycles. The lowest BCUT2D eigenvalue weighted by atomic mass is 10.1. The highest BCUT2D eigenvalue weighted by Crippen LogP contribution is 2.34. The lowest BCUT2D eigenvalue weighted by Crippen LogP contribution is -2.29. The molecular formula is C34H26BrN3O4. The first-order valence-corrected chi connectivity index (χ1v) is 14.1. The fourth-order valence-corrected chi connectivity index (χ4v) is 5.79. The molecule has 7 nitrogen and oxygen atoms in total. The Morgan fingerprint density at radius 3 is 2.50 bits per heavy atom. The summed E-state index contributed by atoms with van der Waals surface area (Å²) in [5.74, 6) is -0.775. The molecule has 6 rings (SSSR count). The number of carbonyl (C=O) groups is 2. The minimum atomic E-state index is -0.544. The number of hydrogen-bond acceptors (Lipinski definition) is 5. The zero-order valence-electron chi connectivity index (χ0n) is 23.0. The number of para-hydroxylation sites is 2. The normalized spacial score (nSPS) is 15.1. The van der Waals surface area contributed by atoms with Crippen LogP contribution in [0.15, 0.2) is 113 Å². The first-order valence-electron chi connectivity index (χ1n) is 13.3. The number of hydrogen-bond donors (Lipinski definition) is 0. The highest BCUT2D eigenvalue weighted by molar-refractivity contribution is 9.10. The van der Waals surface area contributed by atoms with Gasteiger partial charge in [-0.2, -0.15) is 4.99 Å². The molecule has 1 fully saturated rings. The fraction of sp³-hybridized carbons (Fsp3) is 0.0882. The Labute approximate surface area is 251 Å². The molecule has 4 aromatic carbocycles. The third-order valence-corrected chi connectivity index (χ3v) is 7.54. The summed E-state index contributed by atoms with van der Waals surface area (Å²) in [7, 11) is 1.31. The maximum Gasteiger partial charge on any atom is 0.340 e. The van der Waals surface area contributed by atoms with Crippen molar-refractivity contribution in [3.63, 3.8) is 0 Å². The van der Waals surface area contributed by atoms with E-state index in [4.69, 9.17) is 9.47 Å². The molecule has 0 unspecified atom stereocenters. The average Bonchev–Trinajstić information content (AvgIpc) is 3.48. The Morgan fingerprint density at radius 2 is 1.74 bits per heavy atom. The Balaban J connectivity index is 1.44. The molecule has 0 radical (unpaired) electrons. The molecule has 0 spiro atoms. The zero-order chi connectivity index (χ0) is 29.4. The molecule has 0 saturated carbocycles. The van der Waals surface area contributed by atoms with Crippen molar-refractivity contribution in [2.45, 2.75) is 6.92 Å². The molecule has 1 amide bonds. The van der Waals surface area contributed by atoms with Gasteiger partial charge in [0.05, 0.1) is 29.4 Å². The Hall–Kier alpha value is -4.95. The number of halogens is 1. The van der Waals surface area contributed by atoms with Gasteiger partial charge in [-0.05, 0) is 66.6 Å². The highest BCUT2D eigenvalue weighted by atomic mass is 79.9. The molecule has 1 aliphatic heterocycles. The second kappa shape index (κ2) is 11.1. The maximum atomic E-state index is 13.5. The van der Waals surface area contributed by atoms with E-state index >= 15 is 0 Å². The van der Waals surface area contributed by atoms with Crippen LogP contribution in [-0.4, -0.2) is 41.0 Å². The van der Waals surface area contributed by atoms with Gasteiger partial charge in [0.1, 0.15) is 0 Å². The van der Waals surface area contributed by atoms with Crippen molar-refractivity contribution in [2.24, 2.45) is 4.99 Å². The van der Waals surface area contributed by atoms with Crippen molar-refractivity contribution >= 4 is 67.4 Å². The van der Waals surface area contributed by atoms with Crippen LogP contribution in [0, 0.1) is 6.92 Å². The summed E-state index contributed by atoms with van der Waals surface area (Å²) in [6, 6.07) is 28.1. The topological polar surface area (TPSA) is 73.1 Å². The summed E-state index contributed by atoms with van der Waals surface area (Å²) >= 11 is 3.42. The third-order valence-electron chi connectivity index (χ3n) is 7.09. The molecule has 8 heteroatoms. The number of nitrogens with zero attached hydrogens (tertiary/aromatic N) is 3. The summed E-state index contributed by atoms with van der Waals surface area (Å²) < 4.78 is 13.9. The van der Waals surface area contributed by atoms with Crippen molar-refractivity contribution in [1.82, 2.24) is 9.47 Å². The molecule has 0 atom stereocenters. The van der Waals surface area contributed by atoms with E-state index in [1.54, 1.807) is 18.2 Å². The van der Waals surface area contributed by atoms with Crippen molar-refractivity contribution in [3.8, 4) is 5.69 Å². The minimum absolute atomic E-state index is 0.0588. The van der Waals surface area contributed by atoms with Gasteiger partial charge in [-0.25, -0.2) is 4.79 Å². The number of esters is 1. The van der Waals surface area contributed by atoms with E-state index in [9.17, 15) is 9.59 Å². The van der Waals surface area contributed by atoms with Gasteiger partial charge in [0, 0.05) is 27.5 Å². The van der Waals surface area contributed by atoms with Crippen LogP contribution in [0.5, 0.6) is 0 Å². The number of amidine groups is 1. The predicted molar refractivity (Wildman–Crippen MR) is 169 cm³/mol. The van der Waals surface area contributed by atoms with Crippen LogP contribution in [0.3, 0.4) is 0 Å². The molecule has 5 aromatic rings. The van der Waals surface area contributed by atoms with E-state index in [2.05, 4.69) is 68.5 Å². The molecule has 208 valence electrons. The number of amides is 1. The van der Waals surface area contributed by atoms with Gasteiger partial charge < -0.3 is 14.0 Å². The van der Waals surface area contributed by atoms with Crippen molar-refractivity contribution in [1.29, 1.82) is 0 Å². The number of carbonyl (C=O) groups excluding carboxylic acids is 2. The van der Waals surface area contributed by atoms with E-state index < -0.39 is 5.97 Å². The molecule has 0 bridgehead atoms. The standard InChI is InChI=1S/C34H26BrN3O4/c1-4-16-37-32(39)30(42-34(37)36-31-21(2)17-23(35)20-27(31)33(40)41-3)19-22-14-15-29-26(18-22)25-12-8-9-13-28(25)38(29)24-10-6-5-7-11-24/h4-15,17-20H,1,16H2,2-3H3/b30-19+,36-34?. The fourth-order valence-electron chi connectivity index (χ4n) is 5.21. The van der Waals surface area contributed by atoms with Crippen molar-refractivity contribution < 1.29 is 19.1 Å². The number of aromatic nitrogens is 1. The predicted octanol–water partition coefficient (Wildman–Crippen LogP) is 7.71. The van der Waals surface area contributed by atoms with Crippen LogP contribution < -0.4 is 0 Å². The number of methoxy groups -OCH3 is 1. The molecule has 2 heterocycles. The number of fused-ring (bicyclic) bond motifs is 3.